The molecule has 0 fully saturated rings. The third kappa shape index (κ3) is 1.50. The van der Waals surface area contributed by atoms with Crippen molar-refractivity contribution in [2.75, 3.05) is 0 Å². The highest BCUT2D eigenvalue weighted by Crippen LogP contribution is 2.24. The Morgan fingerprint density at radius 1 is 1.42 bits per heavy atom. The summed E-state index contributed by atoms with van der Waals surface area (Å²) in [5, 5.41) is 8.83. The van der Waals surface area contributed by atoms with Crippen molar-refractivity contribution >= 4 is 0 Å². The molecule has 0 bridgehead atoms. The van der Waals surface area contributed by atoms with Crippen LogP contribution in [0.3, 0.4) is 0 Å². The molecule has 0 aliphatic carbocycles. The van der Waals surface area contributed by atoms with Gasteiger partial charge in [-0.3, -0.25) is 0 Å². The number of aromatic amines is 1. The molecule has 2 nitrogen and oxygen atoms in total. The average Bonchev–Trinajstić information content (AvgIpc) is 2.29. The fourth-order valence-electron chi connectivity index (χ4n) is 1.27. The number of aryl methyl sites for hydroxylation is 1. The first-order valence-electron chi connectivity index (χ1n) is 4.05. The Bertz CT molecular complexity index is 321. The zero-order valence-electron chi connectivity index (χ0n) is 8.02. The lowest BCUT2D eigenvalue weighted by atomic mass is 9.90. The maximum absolute atomic E-state index is 8.83. The van der Waals surface area contributed by atoms with Gasteiger partial charge in [-0.1, -0.05) is 20.8 Å². The fraction of sp³-hybridized carbons (Fsp3) is 0.500. The van der Waals surface area contributed by atoms with Crippen molar-refractivity contribution in [2.24, 2.45) is 0 Å². The molecule has 2 heteroatoms. The van der Waals surface area contributed by atoms with Crippen LogP contribution < -0.4 is 0 Å². The molecule has 12 heavy (non-hydrogen) atoms. The molecule has 0 atom stereocenters. The molecule has 0 unspecified atom stereocenters. The van der Waals surface area contributed by atoms with Crippen LogP contribution in [0.5, 0.6) is 0 Å². The summed E-state index contributed by atoms with van der Waals surface area (Å²) in [6, 6.07) is 4.08. The number of aromatic nitrogens is 1. The van der Waals surface area contributed by atoms with E-state index in [-0.39, 0.29) is 5.41 Å². The van der Waals surface area contributed by atoms with E-state index in [0.29, 0.717) is 0 Å². The van der Waals surface area contributed by atoms with Gasteiger partial charge in [0.15, 0.2) is 0 Å². The second-order valence-corrected chi connectivity index (χ2v) is 4.10. The first kappa shape index (κ1) is 8.86. The van der Waals surface area contributed by atoms with E-state index in [0.717, 1.165) is 17.0 Å². The zero-order chi connectivity index (χ0) is 9.35. The van der Waals surface area contributed by atoms with Gasteiger partial charge in [-0.2, -0.15) is 5.26 Å². The minimum absolute atomic E-state index is 0.0271. The number of nitrogens with zero attached hydrogens (tertiary/aromatic N) is 1. The minimum atomic E-state index is 0.0271. The Hall–Kier alpha value is -1.23. The van der Waals surface area contributed by atoms with Gasteiger partial charge >= 0.3 is 0 Å². The zero-order valence-corrected chi connectivity index (χ0v) is 8.02. The van der Waals surface area contributed by atoms with Crippen molar-refractivity contribution in [3.63, 3.8) is 0 Å². The van der Waals surface area contributed by atoms with Gasteiger partial charge in [0.05, 0.1) is 5.56 Å². The maximum Gasteiger partial charge on any atom is 0.101 e. The first-order valence-corrected chi connectivity index (χ1v) is 4.05. The van der Waals surface area contributed by atoms with Gasteiger partial charge in [0.25, 0.3) is 0 Å². The number of nitriles is 1. The van der Waals surface area contributed by atoms with E-state index >= 15 is 0 Å². The van der Waals surface area contributed by atoms with E-state index in [1.807, 2.05) is 13.0 Å². The van der Waals surface area contributed by atoms with Crippen molar-refractivity contribution in [1.29, 1.82) is 5.26 Å². The lowest BCUT2D eigenvalue weighted by molar-refractivity contribution is 0.570. The Morgan fingerprint density at radius 2 is 2.00 bits per heavy atom. The SMILES string of the molecule is Cc1cc(C#N)c(C(C)(C)C)[nH]1. The molecule has 1 aromatic heterocycles. The van der Waals surface area contributed by atoms with E-state index in [1.165, 1.54) is 0 Å². The van der Waals surface area contributed by atoms with Crippen molar-refractivity contribution in [1.82, 2.24) is 4.98 Å². The number of rotatable bonds is 0. The fourth-order valence-corrected chi connectivity index (χ4v) is 1.27. The maximum atomic E-state index is 8.83. The second-order valence-electron chi connectivity index (χ2n) is 4.10. The number of nitrogens with one attached hydrogen (secondary N) is 1. The highest BCUT2D eigenvalue weighted by atomic mass is 14.7. The predicted octanol–water partition coefficient (Wildman–Crippen LogP) is 2.49. The molecule has 0 radical (unpaired) electrons. The van der Waals surface area contributed by atoms with Gasteiger partial charge in [-0.05, 0) is 13.0 Å². The number of hydrogen-bond acceptors (Lipinski definition) is 1. The Labute approximate surface area is 73.2 Å². The van der Waals surface area contributed by atoms with Crippen LogP contribution in [0, 0.1) is 18.3 Å². The summed E-state index contributed by atoms with van der Waals surface area (Å²) in [6.07, 6.45) is 0. The minimum Gasteiger partial charge on any atom is -0.361 e. The molecule has 1 N–H and O–H groups in total. The largest absolute Gasteiger partial charge is 0.361 e. The van der Waals surface area contributed by atoms with Gasteiger partial charge in [0, 0.05) is 16.8 Å². The molecule has 1 aromatic rings. The van der Waals surface area contributed by atoms with E-state index < -0.39 is 0 Å². The average molecular weight is 162 g/mol. The van der Waals surface area contributed by atoms with E-state index in [1.54, 1.807) is 0 Å². The number of hydrogen-bond donors (Lipinski definition) is 1. The standard InChI is InChI=1S/C10H14N2/c1-7-5-8(6-11)9(12-7)10(2,3)4/h5,12H,1-4H3. The van der Waals surface area contributed by atoms with Crippen LogP contribution in [0.2, 0.25) is 0 Å². The van der Waals surface area contributed by atoms with Gasteiger partial charge in [-0.15, -0.1) is 0 Å². The quantitative estimate of drug-likeness (QED) is 0.625. The molecule has 0 aliphatic heterocycles. The lowest BCUT2D eigenvalue weighted by Crippen LogP contribution is -2.13. The van der Waals surface area contributed by atoms with Crippen molar-refractivity contribution in [3.05, 3.63) is 23.0 Å². The normalized spacial score (nSPS) is 11.2. The summed E-state index contributed by atoms with van der Waals surface area (Å²) in [5.74, 6) is 0. The Morgan fingerprint density at radius 3 is 2.33 bits per heavy atom. The van der Waals surface area contributed by atoms with Crippen LogP contribution in [0.25, 0.3) is 0 Å². The summed E-state index contributed by atoms with van der Waals surface area (Å²) >= 11 is 0. The smallest absolute Gasteiger partial charge is 0.101 e. The van der Waals surface area contributed by atoms with Gasteiger partial charge < -0.3 is 4.98 Å². The molecule has 64 valence electrons. The van der Waals surface area contributed by atoms with E-state index in [2.05, 4.69) is 31.8 Å². The highest BCUT2D eigenvalue weighted by Gasteiger charge is 2.19. The van der Waals surface area contributed by atoms with E-state index in [9.17, 15) is 0 Å². The van der Waals surface area contributed by atoms with Gasteiger partial charge in [0.2, 0.25) is 0 Å². The molecule has 1 rings (SSSR count). The number of H-pyrrole nitrogens is 1. The summed E-state index contributed by atoms with van der Waals surface area (Å²) in [7, 11) is 0. The van der Waals surface area contributed by atoms with Crippen molar-refractivity contribution in [3.8, 4) is 6.07 Å². The van der Waals surface area contributed by atoms with Crippen molar-refractivity contribution in [2.45, 2.75) is 33.1 Å². The molecule has 0 amide bonds. The van der Waals surface area contributed by atoms with E-state index in [4.69, 9.17) is 5.26 Å². The third-order valence-electron chi connectivity index (χ3n) is 1.82. The van der Waals surface area contributed by atoms with Crippen LogP contribution in [0.15, 0.2) is 6.07 Å². The predicted molar refractivity (Wildman–Crippen MR) is 48.9 cm³/mol. The molecule has 0 aliphatic rings. The van der Waals surface area contributed by atoms with Gasteiger partial charge in [-0.25, -0.2) is 0 Å². The molecule has 0 spiro atoms. The molecule has 1 heterocycles. The third-order valence-corrected chi connectivity index (χ3v) is 1.82. The lowest BCUT2D eigenvalue weighted by Gasteiger charge is -2.16. The van der Waals surface area contributed by atoms with Crippen molar-refractivity contribution < 1.29 is 0 Å². The summed E-state index contributed by atoms with van der Waals surface area (Å²) in [4.78, 5) is 3.21. The summed E-state index contributed by atoms with van der Waals surface area (Å²) < 4.78 is 0. The molecule has 0 saturated carbocycles. The molecular weight excluding hydrogens is 148 g/mol. The summed E-state index contributed by atoms with van der Waals surface area (Å²) in [6.45, 7) is 8.26. The summed E-state index contributed by atoms with van der Waals surface area (Å²) in [5.41, 5.74) is 2.87. The molecule has 0 saturated heterocycles. The molecular formula is C10H14N2. The monoisotopic (exact) mass is 162 g/mol. The second kappa shape index (κ2) is 2.67. The first-order chi connectivity index (χ1) is 5.45. The molecule has 0 aromatic carbocycles. The van der Waals surface area contributed by atoms with Crippen LogP contribution in [0.4, 0.5) is 0 Å². The highest BCUT2D eigenvalue weighted by molar-refractivity contribution is 5.39. The van der Waals surface area contributed by atoms with Crippen LogP contribution in [-0.4, -0.2) is 4.98 Å². The van der Waals surface area contributed by atoms with Crippen LogP contribution in [0.1, 0.15) is 37.7 Å². The topological polar surface area (TPSA) is 39.6 Å². The van der Waals surface area contributed by atoms with Gasteiger partial charge in [0.1, 0.15) is 6.07 Å². The van der Waals surface area contributed by atoms with Crippen LogP contribution in [-0.2, 0) is 5.41 Å². The Kier molecular flexibility index (Phi) is 1.97. The van der Waals surface area contributed by atoms with Crippen LogP contribution >= 0.6 is 0 Å². The Balaban J connectivity index is 3.25.